The minimum absolute atomic E-state index is 0.0303. The zero-order chi connectivity index (χ0) is 20.0. The molecule has 0 bridgehead atoms. The van der Waals surface area contributed by atoms with Crippen LogP contribution in [0.2, 0.25) is 0 Å². The van der Waals surface area contributed by atoms with Crippen molar-refractivity contribution in [3.8, 4) is 0 Å². The van der Waals surface area contributed by atoms with Crippen LogP contribution >= 0.6 is 0 Å². The van der Waals surface area contributed by atoms with Crippen molar-refractivity contribution in [2.45, 2.75) is 45.6 Å². The lowest BCUT2D eigenvalue weighted by Crippen LogP contribution is -2.51. The summed E-state index contributed by atoms with van der Waals surface area (Å²) in [5, 5.41) is 12.4. The van der Waals surface area contributed by atoms with Gasteiger partial charge in [0.25, 0.3) is 0 Å². The molecule has 0 fully saturated rings. The van der Waals surface area contributed by atoms with Gasteiger partial charge in [-0.3, -0.25) is 9.59 Å². The standard InChI is InChI=1S/C22H25NO4/c1-4-22(21(26)27,18-8-6-5-7-9-18)23-20(25)13-12-19(24)17-11-10-15(2)16(3)14-17/h5-11,14H,4,12-13H2,1-3H3,(H,23,25)(H,26,27). The Labute approximate surface area is 159 Å². The fourth-order valence-electron chi connectivity index (χ4n) is 3.00. The molecular weight excluding hydrogens is 342 g/mol. The molecule has 2 aromatic rings. The van der Waals surface area contributed by atoms with Crippen molar-refractivity contribution >= 4 is 17.7 Å². The van der Waals surface area contributed by atoms with Gasteiger partial charge in [0, 0.05) is 18.4 Å². The first-order valence-corrected chi connectivity index (χ1v) is 9.00. The number of hydrogen-bond acceptors (Lipinski definition) is 3. The highest BCUT2D eigenvalue weighted by Crippen LogP contribution is 2.26. The maximum atomic E-state index is 12.4. The summed E-state index contributed by atoms with van der Waals surface area (Å²) in [5.74, 6) is -1.71. The number of rotatable bonds is 8. The number of carbonyl (C=O) groups excluding carboxylic acids is 2. The van der Waals surface area contributed by atoms with E-state index in [0.29, 0.717) is 11.1 Å². The predicted octanol–water partition coefficient (Wildman–Crippen LogP) is 3.77. The third-order valence-corrected chi connectivity index (χ3v) is 4.92. The van der Waals surface area contributed by atoms with Crippen LogP contribution < -0.4 is 5.32 Å². The van der Waals surface area contributed by atoms with Gasteiger partial charge in [0.1, 0.15) is 0 Å². The Balaban J connectivity index is 2.09. The molecule has 1 unspecified atom stereocenters. The molecule has 0 aromatic heterocycles. The maximum absolute atomic E-state index is 12.4. The average molecular weight is 367 g/mol. The number of nitrogens with one attached hydrogen (secondary N) is 1. The Morgan fingerprint density at radius 3 is 2.19 bits per heavy atom. The number of aryl methyl sites for hydroxylation is 2. The molecule has 0 aliphatic rings. The van der Waals surface area contributed by atoms with Crippen LogP contribution in [0, 0.1) is 13.8 Å². The van der Waals surface area contributed by atoms with E-state index >= 15 is 0 Å². The van der Waals surface area contributed by atoms with Crippen molar-refractivity contribution in [1.29, 1.82) is 0 Å². The van der Waals surface area contributed by atoms with E-state index in [9.17, 15) is 19.5 Å². The van der Waals surface area contributed by atoms with E-state index in [1.54, 1.807) is 43.3 Å². The van der Waals surface area contributed by atoms with Gasteiger partial charge in [-0.2, -0.15) is 0 Å². The normalized spacial score (nSPS) is 12.9. The van der Waals surface area contributed by atoms with E-state index in [0.717, 1.165) is 11.1 Å². The van der Waals surface area contributed by atoms with Crippen LogP contribution in [0.5, 0.6) is 0 Å². The Hall–Kier alpha value is -2.95. The van der Waals surface area contributed by atoms with Crippen molar-refractivity contribution < 1.29 is 19.5 Å². The van der Waals surface area contributed by atoms with Crippen molar-refractivity contribution in [3.63, 3.8) is 0 Å². The van der Waals surface area contributed by atoms with Crippen LogP contribution in [0.1, 0.15) is 53.2 Å². The molecular formula is C22H25NO4. The van der Waals surface area contributed by atoms with Crippen molar-refractivity contribution in [1.82, 2.24) is 5.32 Å². The van der Waals surface area contributed by atoms with E-state index in [-0.39, 0.29) is 25.0 Å². The summed E-state index contributed by atoms with van der Waals surface area (Å²) in [5.41, 5.74) is 1.69. The summed E-state index contributed by atoms with van der Waals surface area (Å²) in [6.45, 7) is 5.61. The molecule has 0 radical (unpaired) electrons. The van der Waals surface area contributed by atoms with Crippen molar-refractivity contribution in [3.05, 3.63) is 70.8 Å². The van der Waals surface area contributed by atoms with E-state index < -0.39 is 17.4 Å². The van der Waals surface area contributed by atoms with Crippen LogP contribution in [0.3, 0.4) is 0 Å². The van der Waals surface area contributed by atoms with Gasteiger partial charge >= 0.3 is 5.97 Å². The van der Waals surface area contributed by atoms with E-state index in [4.69, 9.17) is 0 Å². The lowest BCUT2D eigenvalue weighted by Gasteiger charge is -2.30. The molecule has 5 nitrogen and oxygen atoms in total. The third kappa shape index (κ3) is 4.61. The Morgan fingerprint density at radius 2 is 1.63 bits per heavy atom. The first-order valence-electron chi connectivity index (χ1n) is 9.00. The van der Waals surface area contributed by atoms with Crippen LogP contribution in [0.25, 0.3) is 0 Å². The maximum Gasteiger partial charge on any atom is 0.334 e. The molecule has 0 aliphatic carbocycles. The summed E-state index contributed by atoms with van der Waals surface area (Å²) in [6, 6.07) is 14.1. The molecule has 27 heavy (non-hydrogen) atoms. The molecule has 1 amide bonds. The highest BCUT2D eigenvalue weighted by Gasteiger charge is 2.40. The Morgan fingerprint density at radius 1 is 0.963 bits per heavy atom. The zero-order valence-corrected chi connectivity index (χ0v) is 15.9. The Kier molecular flexibility index (Phi) is 6.50. The van der Waals surface area contributed by atoms with Gasteiger partial charge in [-0.25, -0.2) is 4.79 Å². The molecule has 2 aromatic carbocycles. The minimum Gasteiger partial charge on any atom is -0.479 e. The number of aliphatic carboxylic acids is 1. The minimum atomic E-state index is -1.50. The molecule has 5 heteroatoms. The second-order valence-electron chi connectivity index (χ2n) is 6.70. The van der Waals surface area contributed by atoms with Crippen LogP contribution in [-0.4, -0.2) is 22.8 Å². The summed E-state index contributed by atoms with van der Waals surface area (Å²) < 4.78 is 0. The molecule has 0 heterocycles. The zero-order valence-electron chi connectivity index (χ0n) is 15.9. The monoisotopic (exact) mass is 367 g/mol. The molecule has 142 valence electrons. The number of hydrogen-bond donors (Lipinski definition) is 2. The summed E-state index contributed by atoms with van der Waals surface area (Å²) >= 11 is 0. The quantitative estimate of drug-likeness (QED) is 0.696. The summed E-state index contributed by atoms with van der Waals surface area (Å²) in [6.07, 6.45) is 0.166. The van der Waals surface area contributed by atoms with Crippen LogP contribution in [-0.2, 0) is 15.1 Å². The second kappa shape index (κ2) is 8.62. The fraction of sp³-hybridized carbons (Fsp3) is 0.318. The van der Waals surface area contributed by atoms with Gasteiger partial charge in [0.05, 0.1) is 0 Å². The van der Waals surface area contributed by atoms with Crippen LogP contribution in [0.4, 0.5) is 0 Å². The van der Waals surface area contributed by atoms with E-state index in [2.05, 4.69) is 5.32 Å². The SMILES string of the molecule is CCC(NC(=O)CCC(=O)c1ccc(C)c(C)c1)(C(=O)O)c1ccccc1. The van der Waals surface area contributed by atoms with Gasteiger partial charge in [-0.1, -0.05) is 49.4 Å². The molecule has 0 aliphatic heterocycles. The number of carbonyl (C=O) groups is 3. The van der Waals surface area contributed by atoms with Gasteiger partial charge < -0.3 is 10.4 Å². The molecule has 0 spiro atoms. The van der Waals surface area contributed by atoms with Gasteiger partial charge in [-0.15, -0.1) is 0 Å². The fourth-order valence-corrected chi connectivity index (χ4v) is 3.00. The van der Waals surface area contributed by atoms with Gasteiger partial charge in [0.15, 0.2) is 11.3 Å². The van der Waals surface area contributed by atoms with Crippen LogP contribution in [0.15, 0.2) is 48.5 Å². The molecule has 0 saturated carbocycles. The van der Waals surface area contributed by atoms with E-state index in [1.165, 1.54) is 0 Å². The highest BCUT2D eigenvalue weighted by molar-refractivity contribution is 5.98. The number of ketones is 1. The molecule has 0 saturated heterocycles. The smallest absolute Gasteiger partial charge is 0.334 e. The highest BCUT2D eigenvalue weighted by atomic mass is 16.4. The van der Waals surface area contributed by atoms with Crippen molar-refractivity contribution in [2.24, 2.45) is 0 Å². The predicted molar refractivity (Wildman–Crippen MR) is 104 cm³/mol. The number of Topliss-reactive ketones (excluding diaryl/α,β-unsaturated/α-hetero) is 1. The second-order valence-corrected chi connectivity index (χ2v) is 6.70. The van der Waals surface area contributed by atoms with Gasteiger partial charge in [-0.05, 0) is 43.0 Å². The summed E-state index contributed by atoms with van der Waals surface area (Å²) in [4.78, 5) is 36.7. The lowest BCUT2D eigenvalue weighted by atomic mass is 9.87. The number of benzene rings is 2. The third-order valence-electron chi connectivity index (χ3n) is 4.92. The molecule has 2 rings (SSSR count). The topological polar surface area (TPSA) is 83.5 Å². The lowest BCUT2D eigenvalue weighted by molar-refractivity contribution is -0.148. The Bertz CT molecular complexity index is 845. The number of amides is 1. The molecule has 1 atom stereocenters. The summed E-state index contributed by atoms with van der Waals surface area (Å²) in [7, 11) is 0. The molecule has 2 N–H and O–H groups in total. The number of carboxylic acids is 1. The van der Waals surface area contributed by atoms with E-state index in [1.807, 2.05) is 26.0 Å². The average Bonchev–Trinajstić information content (AvgIpc) is 2.66. The van der Waals surface area contributed by atoms with Crippen molar-refractivity contribution in [2.75, 3.05) is 0 Å². The number of carboxylic acid groups (broad SMARTS) is 1. The first kappa shape index (κ1) is 20.4. The largest absolute Gasteiger partial charge is 0.479 e. The first-order chi connectivity index (χ1) is 12.8. The van der Waals surface area contributed by atoms with Gasteiger partial charge in [0.2, 0.25) is 5.91 Å².